The summed E-state index contributed by atoms with van der Waals surface area (Å²) in [6.07, 6.45) is 0. The van der Waals surface area contributed by atoms with Crippen LogP contribution in [0, 0.1) is 0 Å². The van der Waals surface area contributed by atoms with Gasteiger partial charge in [-0.2, -0.15) is 0 Å². The van der Waals surface area contributed by atoms with Crippen LogP contribution in [0.1, 0.15) is 19.4 Å². The lowest BCUT2D eigenvalue weighted by Crippen LogP contribution is -2.51. The molecule has 0 heterocycles. The van der Waals surface area contributed by atoms with Crippen LogP contribution in [0.2, 0.25) is 5.02 Å². The summed E-state index contributed by atoms with van der Waals surface area (Å²) < 4.78 is 39.6. The first-order chi connectivity index (χ1) is 18.6. The summed E-state index contributed by atoms with van der Waals surface area (Å²) in [5.41, 5.74) is 0.720. The van der Waals surface area contributed by atoms with E-state index in [-0.39, 0.29) is 28.8 Å². The van der Waals surface area contributed by atoms with E-state index in [1.54, 1.807) is 68.4 Å². The number of halogens is 1. The first-order valence-electron chi connectivity index (χ1n) is 12.2. The normalized spacial score (nSPS) is 11.8. The van der Waals surface area contributed by atoms with Crippen molar-refractivity contribution in [3.05, 3.63) is 83.4 Å². The first-order valence-corrected chi connectivity index (χ1v) is 14.1. The lowest BCUT2D eigenvalue weighted by atomic mass is 10.1. The zero-order chi connectivity index (χ0) is 28.6. The third-order valence-electron chi connectivity index (χ3n) is 6.08. The molecule has 0 fully saturated rings. The van der Waals surface area contributed by atoms with Gasteiger partial charge >= 0.3 is 0 Å². The number of likely N-dealkylation sites (N-methyl/N-ethyl adjacent to an activating group) is 1. The lowest BCUT2D eigenvalue weighted by molar-refractivity contribution is -0.139. The van der Waals surface area contributed by atoms with E-state index in [2.05, 4.69) is 5.32 Å². The molecule has 208 valence electrons. The number of hydrogen-bond acceptors (Lipinski definition) is 6. The van der Waals surface area contributed by atoms with Crippen molar-refractivity contribution in [1.29, 1.82) is 0 Å². The number of anilines is 1. The van der Waals surface area contributed by atoms with E-state index in [4.69, 9.17) is 21.1 Å². The van der Waals surface area contributed by atoms with Crippen LogP contribution in [0.5, 0.6) is 11.5 Å². The van der Waals surface area contributed by atoms with E-state index in [0.717, 1.165) is 4.31 Å². The van der Waals surface area contributed by atoms with Gasteiger partial charge in [0.05, 0.1) is 24.8 Å². The SMILES string of the molecule is CCNC(=O)[C@H](C)N(Cc1ccccc1Cl)C(=O)CN(c1cc(OC)ccc1OC)S(=O)(=O)c1ccccc1. The van der Waals surface area contributed by atoms with Crippen molar-refractivity contribution in [1.82, 2.24) is 10.2 Å². The zero-order valence-electron chi connectivity index (χ0n) is 22.3. The van der Waals surface area contributed by atoms with Crippen molar-refractivity contribution in [2.75, 3.05) is 31.6 Å². The topological polar surface area (TPSA) is 105 Å². The number of carbonyl (C=O) groups excluding carboxylic acids is 2. The molecule has 11 heteroatoms. The Labute approximate surface area is 234 Å². The fourth-order valence-corrected chi connectivity index (χ4v) is 5.57. The molecule has 0 bridgehead atoms. The molecule has 0 unspecified atom stereocenters. The van der Waals surface area contributed by atoms with E-state index in [1.807, 2.05) is 0 Å². The monoisotopic (exact) mass is 573 g/mol. The minimum absolute atomic E-state index is 0.00865. The summed E-state index contributed by atoms with van der Waals surface area (Å²) >= 11 is 6.37. The highest BCUT2D eigenvalue weighted by molar-refractivity contribution is 7.92. The van der Waals surface area contributed by atoms with Gasteiger partial charge in [0.2, 0.25) is 11.8 Å². The maximum Gasteiger partial charge on any atom is 0.264 e. The highest BCUT2D eigenvalue weighted by atomic mass is 35.5. The Hall–Kier alpha value is -3.76. The summed E-state index contributed by atoms with van der Waals surface area (Å²) in [6.45, 7) is 3.10. The number of sulfonamides is 1. The van der Waals surface area contributed by atoms with Gasteiger partial charge in [-0.25, -0.2) is 8.42 Å². The van der Waals surface area contributed by atoms with Crippen LogP contribution in [-0.2, 0) is 26.2 Å². The second-order valence-electron chi connectivity index (χ2n) is 8.55. The number of carbonyl (C=O) groups is 2. The molecule has 0 spiro atoms. The first kappa shape index (κ1) is 29.8. The zero-order valence-corrected chi connectivity index (χ0v) is 23.8. The van der Waals surface area contributed by atoms with Crippen molar-refractivity contribution in [2.24, 2.45) is 0 Å². The minimum atomic E-state index is -4.25. The number of rotatable bonds is 12. The van der Waals surface area contributed by atoms with Crippen LogP contribution >= 0.6 is 11.6 Å². The Morgan fingerprint density at radius 1 is 0.974 bits per heavy atom. The van der Waals surface area contributed by atoms with Gasteiger partial charge in [-0.15, -0.1) is 0 Å². The molecular formula is C28H32ClN3O6S. The summed E-state index contributed by atoms with van der Waals surface area (Å²) in [6, 6.07) is 18.5. The molecule has 1 N–H and O–H groups in total. The second-order valence-corrected chi connectivity index (χ2v) is 10.8. The Bertz CT molecular complexity index is 1400. The number of hydrogen-bond donors (Lipinski definition) is 1. The van der Waals surface area contributed by atoms with Crippen LogP contribution < -0.4 is 19.1 Å². The number of amides is 2. The van der Waals surface area contributed by atoms with Gasteiger partial charge in [-0.3, -0.25) is 13.9 Å². The molecule has 0 saturated carbocycles. The summed E-state index contributed by atoms with van der Waals surface area (Å²) in [5.74, 6) is -0.403. The predicted octanol–water partition coefficient (Wildman–Crippen LogP) is 4.11. The maximum absolute atomic E-state index is 13.9. The summed E-state index contributed by atoms with van der Waals surface area (Å²) in [7, 11) is -1.40. The van der Waals surface area contributed by atoms with Crippen LogP contribution in [0.25, 0.3) is 0 Å². The van der Waals surface area contributed by atoms with E-state index >= 15 is 0 Å². The Balaban J connectivity index is 2.12. The van der Waals surface area contributed by atoms with Crippen LogP contribution in [0.15, 0.2) is 77.7 Å². The van der Waals surface area contributed by atoms with Crippen molar-refractivity contribution >= 4 is 39.1 Å². The minimum Gasteiger partial charge on any atom is -0.497 e. The molecule has 0 radical (unpaired) electrons. The average Bonchev–Trinajstić information content (AvgIpc) is 2.95. The van der Waals surface area contributed by atoms with Gasteiger partial charge in [0.1, 0.15) is 24.1 Å². The van der Waals surface area contributed by atoms with E-state index < -0.39 is 28.5 Å². The van der Waals surface area contributed by atoms with Gasteiger partial charge in [0.15, 0.2) is 0 Å². The van der Waals surface area contributed by atoms with Gasteiger partial charge in [-0.05, 0) is 49.7 Å². The van der Waals surface area contributed by atoms with Gasteiger partial charge < -0.3 is 19.7 Å². The van der Waals surface area contributed by atoms with Gasteiger partial charge in [0.25, 0.3) is 10.0 Å². The van der Waals surface area contributed by atoms with Crippen molar-refractivity contribution in [2.45, 2.75) is 31.3 Å². The molecule has 1 atom stereocenters. The molecule has 0 aliphatic carbocycles. The molecule has 3 rings (SSSR count). The van der Waals surface area contributed by atoms with Crippen LogP contribution in [0.3, 0.4) is 0 Å². The molecule has 0 saturated heterocycles. The molecular weight excluding hydrogens is 542 g/mol. The smallest absolute Gasteiger partial charge is 0.264 e. The molecule has 0 aliphatic rings. The molecule has 3 aromatic carbocycles. The van der Waals surface area contributed by atoms with E-state index in [1.165, 1.54) is 37.3 Å². The lowest BCUT2D eigenvalue weighted by Gasteiger charge is -2.32. The van der Waals surface area contributed by atoms with Gasteiger partial charge in [0, 0.05) is 24.2 Å². The Kier molecular flexibility index (Phi) is 10.2. The summed E-state index contributed by atoms with van der Waals surface area (Å²) in [5, 5.41) is 3.14. The van der Waals surface area contributed by atoms with Crippen molar-refractivity contribution < 1.29 is 27.5 Å². The third-order valence-corrected chi connectivity index (χ3v) is 8.22. The number of ether oxygens (including phenoxy) is 2. The molecule has 0 aromatic heterocycles. The Morgan fingerprint density at radius 3 is 2.26 bits per heavy atom. The quantitative estimate of drug-likeness (QED) is 0.350. The Morgan fingerprint density at radius 2 is 1.64 bits per heavy atom. The van der Waals surface area contributed by atoms with E-state index in [9.17, 15) is 18.0 Å². The third kappa shape index (κ3) is 7.01. The highest BCUT2D eigenvalue weighted by Crippen LogP contribution is 2.36. The number of nitrogens with one attached hydrogen (secondary N) is 1. The molecule has 2 amide bonds. The highest BCUT2D eigenvalue weighted by Gasteiger charge is 2.34. The molecule has 3 aromatic rings. The predicted molar refractivity (Wildman–Crippen MR) is 151 cm³/mol. The number of methoxy groups -OCH3 is 2. The summed E-state index contributed by atoms with van der Waals surface area (Å²) in [4.78, 5) is 28.1. The second kappa shape index (κ2) is 13.3. The van der Waals surface area contributed by atoms with Crippen LogP contribution in [-0.4, -0.2) is 58.5 Å². The fourth-order valence-electron chi connectivity index (χ4n) is 3.94. The average molecular weight is 574 g/mol. The molecule has 39 heavy (non-hydrogen) atoms. The van der Waals surface area contributed by atoms with Crippen molar-refractivity contribution in [3.63, 3.8) is 0 Å². The fraction of sp³-hybridized carbons (Fsp3) is 0.286. The molecule has 9 nitrogen and oxygen atoms in total. The maximum atomic E-state index is 13.9. The van der Waals surface area contributed by atoms with Crippen LogP contribution in [0.4, 0.5) is 5.69 Å². The van der Waals surface area contributed by atoms with Gasteiger partial charge in [-0.1, -0.05) is 48.0 Å². The van der Waals surface area contributed by atoms with Crippen molar-refractivity contribution in [3.8, 4) is 11.5 Å². The number of benzene rings is 3. The molecule has 0 aliphatic heterocycles. The van der Waals surface area contributed by atoms with E-state index in [0.29, 0.717) is 22.9 Å². The largest absolute Gasteiger partial charge is 0.497 e. The standard InChI is InChI=1S/C28H32ClN3O6S/c1-5-30-28(34)20(2)31(18-21-11-9-10-14-24(21)29)27(33)19-32(39(35,36)23-12-7-6-8-13-23)25-17-22(37-3)15-16-26(25)38-4/h6-17,20H,5,18-19H2,1-4H3,(H,30,34)/t20-/m0/s1. The number of nitrogens with zero attached hydrogens (tertiary/aromatic N) is 2.